The number of aryl methyl sites for hydroxylation is 1. The van der Waals surface area contributed by atoms with Gasteiger partial charge in [-0.3, -0.25) is 0 Å². The van der Waals surface area contributed by atoms with Crippen molar-refractivity contribution in [2.75, 3.05) is 20.2 Å². The van der Waals surface area contributed by atoms with Crippen LogP contribution in [0.4, 0.5) is 0 Å². The molecule has 28 heavy (non-hydrogen) atoms. The molecule has 2 aromatic carbocycles. The minimum Gasteiger partial charge on any atom is -0.466 e. The molecule has 0 bridgehead atoms. The summed E-state index contributed by atoms with van der Waals surface area (Å²) in [5.74, 6) is -0.590. The van der Waals surface area contributed by atoms with E-state index in [-0.39, 0.29) is 23.6 Å². The monoisotopic (exact) mass is 463 g/mol. The van der Waals surface area contributed by atoms with Gasteiger partial charge in [-0.05, 0) is 30.7 Å². The topological polar surface area (TPSA) is 63.7 Å². The maximum Gasteiger partial charge on any atom is 0.335 e. The predicted molar refractivity (Wildman–Crippen MR) is 114 cm³/mol. The molecule has 0 aromatic heterocycles. The standard InChI is InChI=1S/C21H22BrNO4S/c1-16-9-11-20(12-10-16)28(25,26)23(14-17(2)22)15-19(21(24)27-3)13-18-7-5-4-6-8-18/h4-13H,2,14-15H2,1,3H3/b19-13+. The second-order valence-electron chi connectivity index (χ2n) is 6.18. The Bertz CT molecular complexity index is 967. The molecule has 0 N–H and O–H groups in total. The number of benzene rings is 2. The first kappa shape index (κ1) is 22.1. The number of methoxy groups -OCH3 is 1. The van der Waals surface area contributed by atoms with Crippen LogP contribution < -0.4 is 0 Å². The summed E-state index contributed by atoms with van der Waals surface area (Å²) in [5.41, 5.74) is 1.95. The van der Waals surface area contributed by atoms with Crippen molar-refractivity contribution in [2.45, 2.75) is 11.8 Å². The molecule has 0 saturated heterocycles. The van der Waals surface area contributed by atoms with Gasteiger partial charge >= 0.3 is 5.97 Å². The molecule has 7 heteroatoms. The quantitative estimate of drug-likeness (QED) is 0.435. The fourth-order valence-corrected chi connectivity index (χ4v) is 4.40. The number of hydrogen-bond donors (Lipinski definition) is 0. The van der Waals surface area contributed by atoms with Gasteiger partial charge in [0.2, 0.25) is 10.0 Å². The highest BCUT2D eigenvalue weighted by Gasteiger charge is 2.27. The molecule has 0 heterocycles. The van der Waals surface area contributed by atoms with Crippen LogP contribution in [0.3, 0.4) is 0 Å². The van der Waals surface area contributed by atoms with Gasteiger partial charge in [-0.25, -0.2) is 13.2 Å². The number of ether oxygens (including phenoxy) is 1. The minimum absolute atomic E-state index is 0.0132. The van der Waals surface area contributed by atoms with E-state index in [1.807, 2.05) is 37.3 Å². The third-order valence-electron chi connectivity index (χ3n) is 3.94. The van der Waals surface area contributed by atoms with Crippen LogP contribution in [0.25, 0.3) is 6.08 Å². The van der Waals surface area contributed by atoms with Crippen LogP contribution in [0.1, 0.15) is 11.1 Å². The fourth-order valence-electron chi connectivity index (χ4n) is 2.52. The molecule has 0 atom stereocenters. The summed E-state index contributed by atoms with van der Waals surface area (Å²) in [5, 5.41) is 0. The van der Waals surface area contributed by atoms with Crippen molar-refractivity contribution in [2.24, 2.45) is 0 Å². The van der Waals surface area contributed by atoms with Gasteiger partial charge in [-0.2, -0.15) is 4.31 Å². The SMILES string of the molecule is C=C(Br)CN(C/C(=C\c1ccccc1)C(=O)OC)S(=O)(=O)c1ccc(C)cc1. The minimum atomic E-state index is -3.85. The number of rotatable bonds is 8. The molecule has 0 fully saturated rings. The van der Waals surface area contributed by atoms with Gasteiger partial charge in [-0.15, -0.1) is 0 Å². The first-order valence-electron chi connectivity index (χ1n) is 8.48. The number of carbonyl (C=O) groups is 1. The van der Waals surface area contributed by atoms with Gasteiger partial charge in [-0.1, -0.05) is 70.5 Å². The van der Waals surface area contributed by atoms with Crippen molar-refractivity contribution in [1.29, 1.82) is 0 Å². The molecule has 0 saturated carbocycles. The fraction of sp³-hybridized carbons (Fsp3) is 0.190. The Kier molecular flexibility index (Phi) is 7.74. The summed E-state index contributed by atoms with van der Waals surface area (Å²) in [6.45, 7) is 5.49. The van der Waals surface area contributed by atoms with E-state index in [2.05, 4.69) is 22.5 Å². The Morgan fingerprint density at radius 2 is 1.71 bits per heavy atom. The van der Waals surface area contributed by atoms with E-state index < -0.39 is 16.0 Å². The zero-order chi connectivity index (χ0) is 20.7. The Morgan fingerprint density at radius 3 is 2.25 bits per heavy atom. The lowest BCUT2D eigenvalue weighted by Gasteiger charge is -2.23. The lowest BCUT2D eigenvalue weighted by molar-refractivity contribution is -0.136. The molecule has 148 valence electrons. The second-order valence-corrected chi connectivity index (χ2v) is 9.23. The molecule has 0 aliphatic carbocycles. The molecule has 2 rings (SSSR count). The van der Waals surface area contributed by atoms with Crippen molar-refractivity contribution in [3.63, 3.8) is 0 Å². The van der Waals surface area contributed by atoms with Crippen LogP contribution in [-0.2, 0) is 19.6 Å². The highest BCUT2D eigenvalue weighted by Crippen LogP contribution is 2.21. The number of hydrogen-bond acceptors (Lipinski definition) is 4. The van der Waals surface area contributed by atoms with Crippen molar-refractivity contribution in [1.82, 2.24) is 4.31 Å². The average Bonchev–Trinajstić information content (AvgIpc) is 2.67. The average molecular weight is 464 g/mol. The van der Waals surface area contributed by atoms with E-state index in [1.165, 1.54) is 11.4 Å². The smallest absolute Gasteiger partial charge is 0.335 e. The Balaban J connectivity index is 2.45. The van der Waals surface area contributed by atoms with E-state index in [0.717, 1.165) is 11.1 Å². The zero-order valence-corrected chi connectivity index (χ0v) is 18.2. The van der Waals surface area contributed by atoms with Gasteiger partial charge in [0.15, 0.2) is 0 Å². The van der Waals surface area contributed by atoms with E-state index in [4.69, 9.17) is 4.74 Å². The summed E-state index contributed by atoms with van der Waals surface area (Å²) in [6, 6.07) is 15.7. The van der Waals surface area contributed by atoms with Gasteiger partial charge < -0.3 is 4.74 Å². The number of carbonyl (C=O) groups excluding carboxylic acids is 1. The third kappa shape index (κ3) is 5.89. The van der Waals surface area contributed by atoms with Gasteiger partial charge in [0.25, 0.3) is 0 Å². The predicted octanol–water partition coefficient (Wildman–Crippen LogP) is 4.15. The molecule has 0 unspecified atom stereocenters. The highest BCUT2D eigenvalue weighted by molar-refractivity contribution is 9.11. The number of halogens is 1. The van der Waals surface area contributed by atoms with Crippen LogP contribution in [0.15, 0.2) is 76.1 Å². The molecule has 0 radical (unpaired) electrons. The van der Waals surface area contributed by atoms with E-state index in [1.54, 1.807) is 30.3 Å². The van der Waals surface area contributed by atoms with Crippen molar-refractivity contribution < 1.29 is 17.9 Å². The van der Waals surface area contributed by atoms with Gasteiger partial charge in [0.05, 0.1) is 17.6 Å². The van der Waals surface area contributed by atoms with E-state index in [0.29, 0.717) is 4.48 Å². The van der Waals surface area contributed by atoms with Crippen LogP contribution in [0.5, 0.6) is 0 Å². The van der Waals surface area contributed by atoms with E-state index >= 15 is 0 Å². The molecule has 5 nitrogen and oxygen atoms in total. The Morgan fingerprint density at radius 1 is 1.11 bits per heavy atom. The summed E-state index contributed by atoms with van der Waals surface area (Å²) < 4.78 is 32.9. The first-order valence-corrected chi connectivity index (χ1v) is 10.7. The zero-order valence-electron chi connectivity index (χ0n) is 15.8. The number of nitrogens with zero attached hydrogens (tertiary/aromatic N) is 1. The second kappa shape index (κ2) is 9.82. The molecule has 0 aliphatic heterocycles. The maximum atomic E-state index is 13.2. The molecule has 0 aliphatic rings. The Labute approximate surface area is 174 Å². The molecular formula is C21H22BrNO4S. The van der Waals surface area contributed by atoms with Gasteiger partial charge in [0.1, 0.15) is 0 Å². The van der Waals surface area contributed by atoms with Crippen molar-refractivity contribution >= 4 is 38.0 Å². The number of sulfonamides is 1. The normalized spacial score (nSPS) is 12.1. The molecule has 0 amide bonds. The lowest BCUT2D eigenvalue weighted by Crippen LogP contribution is -2.35. The summed E-state index contributed by atoms with van der Waals surface area (Å²) in [7, 11) is -2.58. The van der Waals surface area contributed by atoms with Crippen LogP contribution in [0, 0.1) is 6.92 Å². The largest absolute Gasteiger partial charge is 0.466 e. The van der Waals surface area contributed by atoms with Crippen molar-refractivity contribution in [3.05, 3.63) is 82.4 Å². The summed E-state index contributed by atoms with van der Waals surface area (Å²) in [4.78, 5) is 12.4. The Hall–Kier alpha value is -2.22. The lowest BCUT2D eigenvalue weighted by atomic mass is 10.1. The molecule has 2 aromatic rings. The number of esters is 1. The molecule has 0 spiro atoms. The first-order chi connectivity index (χ1) is 13.2. The van der Waals surface area contributed by atoms with Crippen LogP contribution >= 0.6 is 15.9 Å². The highest BCUT2D eigenvalue weighted by atomic mass is 79.9. The van der Waals surface area contributed by atoms with E-state index in [9.17, 15) is 13.2 Å². The van der Waals surface area contributed by atoms with Crippen LogP contribution in [-0.4, -0.2) is 38.9 Å². The summed E-state index contributed by atoms with van der Waals surface area (Å²) in [6.07, 6.45) is 1.63. The van der Waals surface area contributed by atoms with Gasteiger partial charge in [0, 0.05) is 17.6 Å². The third-order valence-corrected chi connectivity index (χ3v) is 6.00. The summed E-state index contributed by atoms with van der Waals surface area (Å²) >= 11 is 3.23. The van der Waals surface area contributed by atoms with Crippen LogP contribution in [0.2, 0.25) is 0 Å². The van der Waals surface area contributed by atoms with Crippen molar-refractivity contribution in [3.8, 4) is 0 Å². The molecular weight excluding hydrogens is 442 g/mol. The maximum absolute atomic E-state index is 13.2.